The predicted molar refractivity (Wildman–Crippen MR) is 55.4 cm³/mol. The third-order valence-electron chi connectivity index (χ3n) is 2.66. The number of carboxylic acid groups (broad SMARTS) is 1. The van der Waals surface area contributed by atoms with E-state index in [1.54, 1.807) is 4.90 Å². The van der Waals surface area contributed by atoms with Crippen LogP contribution in [0.2, 0.25) is 0 Å². The summed E-state index contributed by atoms with van der Waals surface area (Å²) >= 11 is 0. The van der Waals surface area contributed by atoms with Gasteiger partial charge in [-0.05, 0) is 12.8 Å². The molecule has 0 radical (unpaired) electrons. The molecule has 1 aromatic heterocycles. The molecule has 5 nitrogen and oxygen atoms in total. The fourth-order valence-corrected chi connectivity index (χ4v) is 1.81. The molecule has 1 saturated heterocycles. The van der Waals surface area contributed by atoms with Crippen molar-refractivity contribution in [2.45, 2.75) is 19.0 Å². The van der Waals surface area contributed by atoms with Gasteiger partial charge in [0.05, 0.1) is 0 Å². The Balaban J connectivity index is 2.45. The second-order valence-corrected chi connectivity index (χ2v) is 3.93. The standard InChI is InChI=1S/C10H10F3N3O2/c11-10(12,13)7-6(8(17)18)5-14-9(15-7)16-3-1-2-4-16/h5H,1-4H2,(H,17,18). The van der Waals surface area contributed by atoms with Crippen molar-refractivity contribution < 1.29 is 23.1 Å². The predicted octanol–water partition coefficient (Wildman–Crippen LogP) is 1.79. The van der Waals surface area contributed by atoms with Gasteiger partial charge in [-0.3, -0.25) is 0 Å². The van der Waals surface area contributed by atoms with Gasteiger partial charge in [0, 0.05) is 19.3 Å². The summed E-state index contributed by atoms with van der Waals surface area (Å²) in [6, 6.07) is 0. The Bertz CT molecular complexity index is 470. The molecule has 0 saturated carbocycles. The Labute approximate surface area is 100 Å². The molecule has 0 atom stereocenters. The van der Waals surface area contributed by atoms with E-state index < -0.39 is 23.4 Å². The smallest absolute Gasteiger partial charge is 0.434 e. The highest BCUT2D eigenvalue weighted by Gasteiger charge is 2.38. The molecule has 0 spiro atoms. The number of aromatic nitrogens is 2. The van der Waals surface area contributed by atoms with Gasteiger partial charge in [-0.15, -0.1) is 0 Å². The van der Waals surface area contributed by atoms with Gasteiger partial charge in [0.1, 0.15) is 5.56 Å². The molecule has 1 aromatic rings. The molecule has 8 heteroatoms. The summed E-state index contributed by atoms with van der Waals surface area (Å²) in [7, 11) is 0. The first-order valence-electron chi connectivity index (χ1n) is 5.32. The highest BCUT2D eigenvalue weighted by molar-refractivity contribution is 5.88. The van der Waals surface area contributed by atoms with Gasteiger partial charge in [-0.1, -0.05) is 0 Å². The fraction of sp³-hybridized carbons (Fsp3) is 0.500. The van der Waals surface area contributed by atoms with Gasteiger partial charge in [0.2, 0.25) is 5.95 Å². The Hall–Kier alpha value is -1.86. The summed E-state index contributed by atoms with van der Waals surface area (Å²) in [5.74, 6) is -1.75. The highest BCUT2D eigenvalue weighted by Crippen LogP contribution is 2.31. The van der Waals surface area contributed by atoms with Crippen molar-refractivity contribution in [3.05, 3.63) is 17.5 Å². The summed E-state index contributed by atoms with van der Waals surface area (Å²) in [6.45, 7) is 1.17. The summed E-state index contributed by atoms with van der Waals surface area (Å²) < 4.78 is 38.1. The van der Waals surface area contributed by atoms with Crippen LogP contribution in [-0.4, -0.2) is 34.1 Å². The molecule has 0 unspecified atom stereocenters. The third kappa shape index (κ3) is 2.36. The average Bonchev–Trinajstić information content (AvgIpc) is 2.80. The van der Waals surface area contributed by atoms with E-state index in [4.69, 9.17) is 5.11 Å². The maximum Gasteiger partial charge on any atom is 0.434 e. The first-order chi connectivity index (χ1) is 8.39. The lowest BCUT2D eigenvalue weighted by molar-refractivity contribution is -0.141. The molecule has 1 N–H and O–H groups in total. The minimum Gasteiger partial charge on any atom is -0.478 e. The van der Waals surface area contributed by atoms with Gasteiger partial charge in [0.15, 0.2) is 5.69 Å². The van der Waals surface area contributed by atoms with Crippen molar-refractivity contribution in [2.75, 3.05) is 18.0 Å². The number of carboxylic acids is 1. The second-order valence-electron chi connectivity index (χ2n) is 3.93. The quantitative estimate of drug-likeness (QED) is 0.879. The van der Waals surface area contributed by atoms with Crippen LogP contribution in [-0.2, 0) is 6.18 Å². The maximum absolute atomic E-state index is 12.7. The zero-order chi connectivity index (χ0) is 13.3. The molecule has 0 aliphatic carbocycles. The molecule has 1 fully saturated rings. The number of aromatic carboxylic acids is 1. The van der Waals surface area contributed by atoms with Gasteiger partial charge < -0.3 is 10.0 Å². The number of halogens is 3. The van der Waals surface area contributed by atoms with Gasteiger partial charge in [-0.2, -0.15) is 13.2 Å². The van der Waals surface area contributed by atoms with Crippen LogP contribution in [0.15, 0.2) is 6.20 Å². The third-order valence-corrected chi connectivity index (χ3v) is 2.66. The Kier molecular flexibility index (Phi) is 3.10. The van der Waals surface area contributed by atoms with Crippen molar-refractivity contribution in [2.24, 2.45) is 0 Å². The zero-order valence-corrected chi connectivity index (χ0v) is 9.24. The molecular weight excluding hydrogens is 251 g/mol. The second kappa shape index (κ2) is 4.43. The number of hydrogen-bond donors (Lipinski definition) is 1. The number of rotatable bonds is 2. The van der Waals surface area contributed by atoms with E-state index in [0.717, 1.165) is 12.8 Å². The van der Waals surface area contributed by atoms with Crippen LogP contribution in [0.4, 0.5) is 19.1 Å². The van der Waals surface area contributed by atoms with E-state index in [-0.39, 0.29) is 5.95 Å². The molecule has 98 valence electrons. The highest BCUT2D eigenvalue weighted by atomic mass is 19.4. The van der Waals surface area contributed by atoms with Crippen LogP contribution in [0.3, 0.4) is 0 Å². The topological polar surface area (TPSA) is 66.3 Å². The lowest BCUT2D eigenvalue weighted by Gasteiger charge is -2.17. The van der Waals surface area contributed by atoms with E-state index in [9.17, 15) is 18.0 Å². The van der Waals surface area contributed by atoms with Gasteiger partial charge in [0.25, 0.3) is 0 Å². The minimum atomic E-state index is -4.80. The van der Waals surface area contributed by atoms with Crippen molar-refractivity contribution in [3.63, 3.8) is 0 Å². The number of hydrogen-bond acceptors (Lipinski definition) is 4. The first kappa shape index (κ1) is 12.6. The van der Waals surface area contributed by atoms with E-state index in [2.05, 4.69) is 9.97 Å². The molecular formula is C10H10F3N3O2. The van der Waals surface area contributed by atoms with Crippen molar-refractivity contribution in [3.8, 4) is 0 Å². The molecule has 2 heterocycles. The van der Waals surface area contributed by atoms with Crippen LogP contribution in [0.25, 0.3) is 0 Å². The molecule has 0 amide bonds. The van der Waals surface area contributed by atoms with Gasteiger partial charge >= 0.3 is 12.1 Å². The largest absolute Gasteiger partial charge is 0.478 e. The monoisotopic (exact) mass is 261 g/mol. The minimum absolute atomic E-state index is 0.0650. The summed E-state index contributed by atoms with van der Waals surface area (Å²) in [4.78, 5) is 19.4. The Morgan fingerprint density at radius 2 is 1.94 bits per heavy atom. The zero-order valence-electron chi connectivity index (χ0n) is 9.24. The Morgan fingerprint density at radius 1 is 1.33 bits per heavy atom. The van der Waals surface area contributed by atoms with Crippen LogP contribution < -0.4 is 4.90 Å². The summed E-state index contributed by atoms with van der Waals surface area (Å²) in [5.41, 5.74) is -2.32. The van der Waals surface area contributed by atoms with E-state index >= 15 is 0 Å². The lowest BCUT2D eigenvalue weighted by atomic mass is 10.2. The number of carbonyl (C=O) groups is 1. The molecule has 18 heavy (non-hydrogen) atoms. The molecule has 0 bridgehead atoms. The van der Waals surface area contributed by atoms with E-state index in [1.807, 2.05) is 0 Å². The van der Waals surface area contributed by atoms with Crippen LogP contribution in [0.5, 0.6) is 0 Å². The SMILES string of the molecule is O=C(O)c1cnc(N2CCCC2)nc1C(F)(F)F. The fourth-order valence-electron chi connectivity index (χ4n) is 1.81. The average molecular weight is 261 g/mol. The summed E-state index contributed by atoms with van der Waals surface area (Å²) in [6.07, 6.45) is -2.35. The van der Waals surface area contributed by atoms with Crippen molar-refractivity contribution in [1.29, 1.82) is 0 Å². The molecule has 1 aliphatic heterocycles. The van der Waals surface area contributed by atoms with E-state index in [0.29, 0.717) is 19.3 Å². The summed E-state index contributed by atoms with van der Waals surface area (Å²) in [5, 5.41) is 8.69. The normalized spacial score (nSPS) is 16.1. The lowest BCUT2D eigenvalue weighted by Crippen LogP contribution is -2.24. The molecule has 2 rings (SSSR count). The number of nitrogens with zero attached hydrogens (tertiary/aromatic N) is 3. The van der Waals surface area contributed by atoms with Crippen molar-refractivity contribution in [1.82, 2.24) is 9.97 Å². The van der Waals surface area contributed by atoms with E-state index in [1.165, 1.54) is 0 Å². The van der Waals surface area contributed by atoms with Gasteiger partial charge in [-0.25, -0.2) is 14.8 Å². The molecule has 0 aromatic carbocycles. The first-order valence-corrected chi connectivity index (χ1v) is 5.32. The van der Waals surface area contributed by atoms with Crippen molar-refractivity contribution >= 4 is 11.9 Å². The Morgan fingerprint density at radius 3 is 2.44 bits per heavy atom. The van der Waals surface area contributed by atoms with Crippen LogP contribution in [0.1, 0.15) is 28.9 Å². The maximum atomic E-state index is 12.7. The number of alkyl halides is 3. The van der Waals surface area contributed by atoms with Crippen LogP contribution >= 0.6 is 0 Å². The van der Waals surface area contributed by atoms with Crippen LogP contribution in [0, 0.1) is 0 Å². The molecule has 1 aliphatic rings. The number of anilines is 1.